The second-order valence-corrected chi connectivity index (χ2v) is 3.34. The van der Waals surface area contributed by atoms with Gasteiger partial charge in [-0.3, -0.25) is 4.79 Å². The molecule has 3 nitrogen and oxygen atoms in total. The van der Waals surface area contributed by atoms with E-state index in [1.165, 1.54) is 12.1 Å². The number of primary amides is 1. The van der Waals surface area contributed by atoms with Crippen molar-refractivity contribution in [2.24, 2.45) is 5.73 Å². The number of nitrogens with two attached hydrogens (primary N) is 1. The third-order valence-corrected chi connectivity index (χ3v) is 2.15. The Morgan fingerprint density at radius 1 is 1.47 bits per heavy atom. The van der Waals surface area contributed by atoms with E-state index in [0.717, 1.165) is 5.56 Å². The summed E-state index contributed by atoms with van der Waals surface area (Å²) in [6.45, 7) is 2.58. The molecule has 0 aliphatic carbocycles. The molecule has 0 bridgehead atoms. The molecule has 82 valence electrons. The number of nitrogens with one attached hydrogen (secondary N) is 1. The molecule has 1 atom stereocenters. The highest BCUT2D eigenvalue weighted by atomic mass is 19.1. The van der Waals surface area contributed by atoms with E-state index in [1.807, 2.05) is 6.92 Å². The van der Waals surface area contributed by atoms with Crippen molar-refractivity contribution in [3.63, 3.8) is 0 Å². The van der Waals surface area contributed by atoms with Crippen LogP contribution in [0.2, 0.25) is 0 Å². The number of benzene rings is 1. The van der Waals surface area contributed by atoms with Gasteiger partial charge in [0.2, 0.25) is 5.91 Å². The summed E-state index contributed by atoms with van der Waals surface area (Å²) in [5.41, 5.74) is 6.11. The summed E-state index contributed by atoms with van der Waals surface area (Å²) >= 11 is 0. The molecule has 0 fully saturated rings. The number of rotatable bonds is 5. The Morgan fingerprint density at radius 2 is 2.07 bits per heavy atom. The first-order valence-electron chi connectivity index (χ1n) is 4.90. The Hall–Kier alpha value is -1.42. The second-order valence-electron chi connectivity index (χ2n) is 3.34. The van der Waals surface area contributed by atoms with Crippen molar-refractivity contribution < 1.29 is 9.18 Å². The van der Waals surface area contributed by atoms with Crippen LogP contribution in [0.15, 0.2) is 24.3 Å². The van der Waals surface area contributed by atoms with Gasteiger partial charge in [0.1, 0.15) is 5.82 Å². The maximum Gasteiger partial charge on any atom is 0.234 e. The van der Waals surface area contributed by atoms with Gasteiger partial charge in [0.05, 0.1) is 6.04 Å². The van der Waals surface area contributed by atoms with Gasteiger partial charge in [-0.25, -0.2) is 4.39 Å². The zero-order valence-electron chi connectivity index (χ0n) is 8.66. The fourth-order valence-electron chi connectivity index (χ4n) is 1.38. The smallest absolute Gasteiger partial charge is 0.234 e. The predicted octanol–water partition coefficient (Wildman–Crippen LogP) is 0.832. The van der Waals surface area contributed by atoms with Gasteiger partial charge in [-0.1, -0.05) is 19.1 Å². The number of carbonyl (C=O) groups excluding carboxylic acids is 1. The Morgan fingerprint density at radius 3 is 2.53 bits per heavy atom. The first-order chi connectivity index (χ1) is 7.13. The molecule has 1 aromatic rings. The van der Waals surface area contributed by atoms with Gasteiger partial charge in [0, 0.05) is 0 Å². The predicted molar refractivity (Wildman–Crippen MR) is 56.8 cm³/mol. The van der Waals surface area contributed by atoms with Crippen LogP contribution in [-0.2, 0) is 11.2 Å². The van der Waals surface area contributed by atoms with Gasteiger partial charge in [0.15, 0.2) is 0 Å². The van der Waals surface area contributed by atoms with Crippen LogP contribution in [0, 0.1) is 5.82 Å². The van der Waals surface area contributed by atoms with E-state index in [1.54, 1.807) is 12.1 Å². The van der Waals surface area contributed by atoms with E-state index in [-0.39, 0.29) is 17.8 Å². The molecule has 3 N–H and O–H groups in total. The molecule has 0 aromatic heterocycles. The molecule has 1 amide bonds. The van der Waals surface area contributed by atoms with E-state index in [0.29, 0.717) is 13.0 Å². The monoisotopic (exact) mass is 210 g/mol. The van der Waals surface area contributed by atoms with Crippen molar-refractivity contribution in [3.8, 4) is 0 Å². The number of likely N-dealkylation sites (N-methyl/N-ethyl adjacent to an activating group) is 1. The van der Waals surface area contributed by atoms with Gasteiger partial charge in [-0.2, -0.15) is 0 Å². The molecular weight excluding hydrogens is 195 g/mol. The van der Waals surface area contributed by atoms with Crippen LogP contribution in [0.3, 0.4) is 0 Å². The third kappa shape index (κ3) is 3.67. The van der Waals surface area contributed by atoms with E-state index in [2.05, 4.69) is 5.32 Å². The Labute approximate surface area is 88.5 Å². The Bertz CT molecular complexity index is 324. The lowest BCUT2D eigenvalue weighted by Gasteiger charge is -2.13. The molecule has 0 saturated carbocycles. The maximum atomic E-state index is 12.6. The van der Waals surface area contributed by atoms with Gasteiger partial charge in [0.25, 0.3) is 0 Å². The number of amides is 1. The van der Waals surface area contributed by atoms with Crippen molar-refractivity contribution in [2.45, 2.75) is 19.4 Å². The number of halogens is 1. The van der Waals surface area contributed by atoms with E-state index in [4.69, 9.17) is 5.73 Å². The van der Waals surface area contributed by atoms with Gasteiger partial charge >= 0.3 is 0 Å². The summed E-state index contributed by atoms with van der Waals surface area (Å²) in [6, 6.07) is 5.67. The van der Waals surface area contributed by atoms with Crippen molar-refractivity contribution >= 4 is 5.91 Å². The number of hydrogen-bond acceptors (Lipinski definition) is 2. The van der Waals surface area contributed by atoms with Crippen molar-refractivity contribution in [3.05, 3.63) is 35.6 Å². The number of hydrogen-bond donors (Lipinski definition) is 2. The first-order valence-corrected chi connectivity index (χ1v) is 4.90. The van der Waals surface area contributed by atoms with E-state index < -0.39 is 0 Å². The highest BCUT2D eigenvalue weighted by Crippen LogP contribution is 2.05. The molecule has 1 rings (SSSR count). The van der Waals surface area contributed by atoms with E-state index in [9.17, 15) is 9.18 Å². The average Bonchev–Trinajstić information content (AvgIpc) is 2.20. The molecule has 0 radical (unpaired) electrons. The first kappa shape index (κ1) is 11.7. The van der Waals surface area contributed by atoms with Crippen molar-refractivity contribution in [2.75, 3.05) is 6.54 Å². The topological polar surface area (TPSA) is 55.1 Å². The Balaban J connectivity index is 2.65. The molecule has 0 aliphatic rings. The molecule has 0 unspecified atom stereocenters. The molecule has 4 heteroatoms. The summed E-state index contributed by atoms with van der Waals surface area (Å²) in [4.78, 5) is 11.0. The molecule has 15 heavy (non-hydrogen) atoms. The summed E-state index contributed by atoms with van der Waals surface area (Å²) < 4.78 is 12.6. The van der Waals surface area contributed by atoms with Gasteiger partial charge in [-0.15, -0.1) is 0 Å². The lowest BCUT2D eigenvalue weighted by Crippen LogP contribution is -2.42. The third-order valence-electron chi connectivity index (χ3n) is 2.15. The fraction of sp³-hybridized carbons (Fsp3) is 0.364. The quantitative estimate of drug-likeness (QED) is 0.756. The standard InChI is InChI=1S/C11H15FN2O/c1-2-14-10(11(13)15)7-8-3-5-9(12)6-4-8/h3-6,10,14H,2,7H2,1H3,(H2,13,15)/t10-/m0/s1. The highest BCUT2D eigenvalue weighted by Gasteiger charge is 2.13. The summed E-state index contributed by atoms with van der Waals surface area (Å²) in [6.07, 6.45) is 0.490. The normalized spacial score (nSPS) is 12.4. The van der Waals surface area contributed by atoms with Crippen LogP contribution < -0.4 is 11.1 Å². The van der Waals surface area contributed by atoms with Crippen LogP contribution >= 0.6 is 0 Å². The molecule has 0 spiro atoms. The lowest BCUT2D eigenvalue weighted by atomic mass is 10.1. The summed E-state index contributed by atoms with van der Waals surface area (Å²) in [5, 5.41) is 2.98. The second kappa shape index (κ2) is 5.46. The Kier molecular flexibility index (Phi) is 4.24. The van der Waals surface area contributed by atoms with E-state index >= 15 is 0 Å². The van der Waals surface area contributed by atoms with Crippen LogP contribution in [0.5, 0.6) is 0 Å². The minimum Gasteiger partial charge on any atom is -0.368 e. The van der Waals surface area contributed by atoms with Crippen LogP contribution in [0.1, 0.15) is 12.5 Å². The van der Waals surface area contributed by atoms with Crippen LogP contribution in [-0.4, -0.2) is 18.5 Å². The SMILES string of the molecule is CCN[C@@H](Cc1ccc(F)cc1)C(N)=O. The molecular formula is C11H15FN2O. The minimum absolute atomic E-state index is 0.280. The molecule has 1 aromatic carbocycles. The molecule has 0 saturated heterocycles. The van der Waals surface area contributed by atoms with Gasteiger partial charge < -0.3 is 11.1 Å². The summed E-state index contributed by atoms with van der Waals surface area (Å²) in [7, 11) is 0. The zero-order chi connectivity index (χ0) is 11.3. The highest BCUT2D eigenvalue weighted by molar-refractivity contribution is 5.80. The number of carbonyl (C=O) groups is 1. The lowest BCUT2D eigenvalue weighted by molar-refractivity contribution is -0.120. The van der Waals surface area contributed by atoms with Gasteiger partial charge in [-0.05, 0) is 30.7 Å². The molecule has 0 heterocycles. The average molecular weight is 210 g/mol. The zero-order valence-corrected chi connectivity index (χ0v) is 8.66. The van der Waals surface area contributed by atoms with Crippen LogP contribution in [0.4, 0.5) is 4.39 Å². The maximum absolute atomic E-state index is 12.6. The molecule has 0 aliphatic heterocycles. The minimum atomic E-state index is -0.388. The fourth-order valence-corrected chi connectivity index (χ4v) is 1.38. The summed E-state index contributed by atoms with van der Waals surface area (Å²) in [5.74, 6) is -0.668. The van der Waals surface area contributed by atoms with Crippen molar-refractivity contribution in [1.29, 1.82) is 0 Å². The van der Waals surface area contributed by atoms with Crippen molar-refractivity contribution in [1.82, 2.24) is 5.32 Å². The largest absolute Gasteiger partial charge is 0.368 e. The van der Waals surface area contributed by atoms with Crippen LogP contribution in [0.25, 0.3) is 0 Å².